The Morgan fingerprint density at radius 1 is 1.08 bits per heavy atom. The van der Waals surface area contributed by atoms with E-state index in [-0.39, 0.29) is 11.2 Å². The Labute approximate surface area is 160 Å². The molecule has 2 aromatic rings. The molecule has 0 radical (unpaired) electrons. The van der Waals surface area contributed by atoms with Gasteiger partial charge in [-0.15, -0.1) is 35.3 Å². The summed E-state index contributed by atoms with van der Waals surface area (Å²) in [6, 6.07) is 14.0. The van der Waals surface area contributed by atoms with Crippen LogP contribution in [0.3, 0.4) is 0 Å². The molecule has 4 rings (SSSR count). The lowest BCUT2D eigenvalue weighted by Gasteiger charge is -2.15. The van der Waals surface area contributed by atoms with Crippen molar-refractivity contribution in [2.75, 3.05) is 18.6 Å². The highest BCUT2D eigenvalue weighted by molar-refractivity contribution is 8.19. The molecule has 25 heavy (non-hydrogen) atoms. The number of benzene rings is 2. The van der Waals surface area contributed by atoms with Crippen molar-refractivity contribution in [1.82, 2.24) is 0 Å². The fourth-order valence-corrected chi connectivity index (χ4v) is 6.97. The van der Waals surface area contributed by atoms with E-state index in [1.54, 1.807) is 18.9 Å². The van der Waals surface area contributed by atoms with Crippen LogP contribution in [-0.2, 0) is 11.2 Å². The van der Waals surface area contributed by atoms with Crippen LogP contribution in [0.15, 0.2) is 47.4 Å². The van der Waals surface area contributed by atoms with Crippen molar-refractivity contribution in [2.24, 2.45) is 0 Å². The maximum atomic E-state index is 12.6. The van der Waals surface area contributed by atoms with Crippen LogP contribution in [0.25, 0.3) is 0 Å². The topological polar surface area (TPSA) is 35.5 Å². The fourth-order valence-electron chi connectivity index (χ4n) is 2.95. The number of hydrogen-bond acceptors (Lipinski definition) is 6. The van der Waals surface area contributed by atoms with E-state index in [0.29, 0.717) is 16.1 Å². The van der Waals surface area contributed by atoms with Crippen molar-refractivity contribution >= 4 is 41.3 Å². The van der Waals surface area contributed by atoms with Gasteiger partial charge in [0.2, 0.25) is 0 Å². The average Bonchev–Trinajstić information content (AvgIpc) is 3.31. The maximum absolute atomic E-state index is 12.6. The van der Waals surface area contributed by atoms with E-state index in [1.165, 1.54) is 27.5 Å². The predicted molar refractivity (Wildman–Crippen MR) is 106 cm³/mol. The molecule has 2 aromatic carbocycles. The van der Waals surface area contributed by atoms with Gasteiger partial charge in [0.05, 0.1) is 11.7 Å². The maximum Gasteiger partial charge on any atom is 0.325 e. The summed E-state index contributed by atoms with van der Waals surface area (Å²) in [7, 11) is 1.62. The van der Waals surface area contributed by atoms with Crippen LogP contribution in [0.4, 0.5) is 0 Å². The first-order valence-electron chi connectivity index (χ1n) is 8.12. The van der Waals surface area contributed by atoms with E-state index in [0.717, 1.165) is 6.42 Å². The third-order valence-electron chi connectivity index (χ3n) is 4.20. The van der Waals surface area contributed by atoms with Gasteiger partial charge in [-0.3, -0.25) is 4.79 Å². The zero-order chi connectivity index (χ0) is 17.2. The molecule has 1 saturated heterocycles. The van der Waals surface area contributed by atoms with Gasteiger partial charge in [0, 0.05) is 16.4 Å². The Bertz CT molecular complexity index is 762. The van der Waals surface area contributed by atoms with Crippen molar-refractivity contribution in [3.63, 3.8) is 0 Å². The number of carbonyl (C=O) groups excluding carboxylic acids is 1. The number of carbonyl (C=O) groups is 1. The van der Waals surface area contributed by atoms with Crippen LogP contribution in [-0.4, -0.2) is 29.8 Å². The monoisotopic (exact) mass is 390 g/mol. The third-order valence-corrected chi connectivity index (χ3v) is 8.60. The van der Waals surface area contributed by atoms with E-state index in [2.05, 4.69) is 12.1 Å². The number of thioether (sulfide) groups is 3. The predicted octanol–water partition coefficient (Wildman–Crippen LogP) is 4.80. The first kappa shape index (κ1) is 17.2. The second-order valence-electron chi connectivity index (χ2n) is 5.82. The van der Waals surface area contributed by atoms with Gasteiger partial charge in [0.25, 0.3) is 0 Å². The van der Waals surface area contributed by atoms with Crippen LogP contribution in [0.2, 0.25) is 0 Å². The summed E-state index contributed by atoms with van der Waals surface area (Å²) in [5.74, 6) is 3.26. The van der Waals surface area contributed by atoms with Gasteiger partial charge in [-0.1, -0.05) is 24.3 Å². The Balaban J connectivity index is 1.48. The summed E-state index contributed by atoms with van der Waals surface area (Å²) in [4.78, 5) is 13.8. The molecule has 0 amide bonds. The van der Waals surface area contributed by atoms with Crippen LogP contribution >= 0.6 is 35.3 Å². The molecule has 0 aliphatic carbocycles. The van der Waals surface area contributed by atoms with Crippen molar-refractivity contribution in [3.8, 4) is 11.5 Å². The number of ether oxygens (including phenoxy) is 2. The number of methoxy groups -OCH3 is 1. The lowest BCUT2D eigenvalue weighted by molar-refractivity contribution is -0.133. The molecule has 2 aliphatic heterocycles. The molecular weight excluding hydrogens is 372 g/mol. The largest absolute Gasteiger partial charge is 0.493 e. The van der Waals surface area contributed by atoms with Gasteiger partial charge in [0.15, 0.2) is 11.5 Å². The van der Waals surface area contributed by atoms with Crippen molar-refractivity contribution in [3.05, 3.63) is 53.6 Å². The van der Waals surface area contributed by atoms with Gasteiger partial charge >= 0.3 is 5.97 Å². The standard InChI is InChI=1S/C19H18O3S3/c1-21-15-10-13(19-23-8-9-24-19)6-7-14(15)22-18(20)17-11-12-4-2-3-5-16(12)25-17/h2-7,10,17,19H,8-9,11H2,1H3/t17-/m0/s1. The number of fused-ring (bicyclic) bond motifs is 1. The zero-order valence-electron chi connectivity index (χ0n) is 13.8. The van der Waals surface area contributed by atoms with E-state index in [9.17, 15) is 4.79 Å². The minimum atomic E-state index is -0.211. The molecule has 1 fully saturated rings. The lowest BCUT2D eigenvalue weighted by Crippen LogP contribution is -2.22. The normalized spacial score (nSPS) is 19.6. The number of esters is 1. The van der Waals surface area contributed by atoms with Crippen LogP contribution in [0, 0.1) is 0 Å². The molecule has 0 N–H and O–H groups in total. The highest BCUT2D eigenvalue weighted by Crippen LogP contribution is 2.47. The van der Waals surface area contributed by atoms with E-state index >= 15 is 0 Å². The van der Waals surface area contributed by atoms with Gasteiger partial charge in [-0.25, -0.2) is 0 Å². The molecule has 2 heterocycles. The smallest absolute Gasteiger partial charge is 0.325 e. The summed E-state index contributed by atoms with van der Waals surface area (Å²) in [5.41, 5.74) is 2.43. The molecular formula is C19H18O3S3. The second-order valence-corrected chi connectivity index (χ2v) is 9.79. The molecule has 0 aromatic heterocycles. The second kappa shape index (κ2) is 7.56. The minimum absolute atomic E-state index is 0.192. The minimum Gasteiger partial charge on any atom is -0.493 e. The molecule has 130 valence electrons. The quantitative estimate of drug-likeness (QED) is 0.551. The van der Waals surface area contributed by atoms with E-state index < -0.39 is 0 Å². The molecule has 6 heteroatoms. The van der Waals surface area contributed by atoms with Crippen molar-refractivity contribution in [2.45, 2.75) is 21.1 Å². The molecule has 0 bridgehead atoms. The molecule has 3 nitrogen and oxygen atoms in total. The fraction of sp³-hybridized carbons (Fsp3) is 0.316. The van der Waals surface area contributed by atoms with Crippen LogP contribution < -0.4 is 9.47 Å². The summed E-state index contributed by atoms with van der Waals surface area (Å²) >= 11 is 5.47. The van der Waals surface area contributed by atoms with Gasteiger partial charge < -0.3 is 9.47 Å². The molecule has 1 atom stereocenters. The first-order chi connectivity index (χ1) is 12.2. The van der Waals surface area contributed by atoms with Crippen LogP contribution in [0.1, 0.15) is 15.7 Å². The third kappa shape index (κ3) is 3.66. The average molecular weight is 391 g/mol. The molecule has 0 unspecified atom stereocenters. The summed E-state index contributed by atoms with van der Waals surface area (Å²) in [6.07, 6.45) is 0.718. The van der Waals surface area contributed by atoms with Gasteiger partial charge in [-0.05, 0) is 35.7 Å². The summed E-state index contributed by atoms with van der Waals surface area (Å²) < 4.78 is 11.6. The molecule has 0 saturated carbocycles. The van der Waals surface area contributed by atoms with Gasteiger partial charge in [-0.2, -0.15) is 0 Å². The zero-order valence-corrected chi connectivity index (χ0v) is 16.2. The highest BCUT2D eigenvalue weighted by Gasteiger charge is 2.30. The Kier molecular flexibility index (Phi) is 5.20. The lowest BCUT2D eigenvalue weighted by atomic mass is 10.1. The number of hydrogen-bond donors (Lipinski definition) is 0. The van der Waals surface area contributed by atoms with Gasteiger partial charge in [0.1, 0.15) is 5.25 Å². The van der Waals surface area contributed by atoms with Crippen molar-refractivity contribution in [1.29, 1.82) is 0 Å². The summed E-state index contributed by atoms with van der Waals surface area (Å²) in [5, 5.41) is -0.192. The van der Waals surface area contributed by atoms with Crippen molar-refractivity contribution < 1.29 is 14.3 Å². The SMILES string of the molecule is COc1cc(C2SCCS2)ccc1OC(=O)[C@@H]1Cc2ccccc2S1. The number of rotatable bonds is 4. The highest BCUT2D eigenvalue weighted by atomic mass is 32.2. The Morgan fingerprint density at radius 2 is 1.88 bits per heavy atom. The molecule has 0 spiro atoms. The first-order valence-corrected chi connectivity index (χ1v) is 11.1. The Hall–Kier alpha value is -1.24. The van der Waals surface area contributed by atoms with Crippen LogP contribution in [0.5, 0.6) is 11.5 Å². The molecule has 2 aliphatic rings. The van der Waals surface area contributed by atoms with E-state index in [1.807, 2.05) is 53.9 Å². The van der Waals surface area contributed by atoms with E-state index in [4.69, 9.17) is 9.47 Å². The Morgan fingerprint density at radius 3 is 2.64 bits per heavy atom. The summed E-state index contributed by atoms with van der Waals surface area (Å²) in [6.45, 7) is 0.